The van der Waals surface area contributed by atoms with Crippen molar-refractivity contribution in [2.45, 2.75) is 6.04 Å². The quantitative estimate of drug-likeness (QED) is 0.756. The van der Waals surface area contributed by atoms with Gasteiger partial charge in [0.05, 0.1) is 12.0 Å². The fourth-order valence-electron chi connectivity index (χ4n) is 1.59. The van der Waals surface area contributed by atoms with Crippen LogP contribution in [0.4, 0.5) is 5.69 Å². The average molecular weight is 405 g/mol. The molecule has 1 aromatic heterocycles. The maximum absolute atomic E-state index is 12.0. The Balaban J connectivity index is 2.33. The van der Waals surface area contributed by atoms with Crippen molar-refractivity contribution in [2.24, 2.45) is 0 Å². The van der Waals surface area contributed by atoms with E-state index in [0.717, 1.165) is 19.5 Å². The first-order chi connectivity index (χ1) is 9.13. The van der Waals surface area contributed by atoms with E-state index in [1.807, 2.05) is 35.7 Å². The molecular formula is C13H11Br2NO2S. The number of hydrogen-bond donors (Lipinski definition) is 1. The molecule has 0 bridgehead atoms. The molecule has 1 aromatic carbocycles. The van der Waals surface area contributed by atoms with Gasteiger partial charge in [0.15, 0.2) is 6.04 Å². The van der Waals surface area contributed by atoms with Crippen molar-refractivity contribution >= 4 is 54.9 Å². The van der Waals surface area contributed by atoms with E-state index in [2.05, 4.69) is 37.2 Å². The molecule has 0 amide bonds. The summed E-state index contributed by atoms with van der Waals surface area (Å²) in [6.45, 7) is 0. The van der Waals surface area contributed by atoms with Gasteiger partial charge in [-0.1, -0.05) is 12.1 Å². The molecule has 2 rings (SSSR count). The minimum atomic E-state index is -0.530. The average Bonchev–Trinajstić information content (AvgIpc) is 2.83. The number of thiophene rings is 1. The first-order valence-electron chi connectivity index (χ1n) is 5.45. The van der Waals surface area contributed by atoms with E-state index in [0.29, 0.717) is 0 Å². The molecule has 100 valence electrons. The van der Waals surface area contributed by atoms with Gasteiger partial charge in [-0.05, 0) is 55.4 Å². The fourth-order valence-corrected chi connectivity index (χ4v) is 3.63. The highest BCUT2D eigenvalue weighted by molar-refractivity contribution is 9.11. The molecule has 0 saturated carbocycles. The van der Waals surface area contributed by atoms with Gasteiger partial charge in [-0.3, -0.25) is 0 Å². The second-order valence-corrected chi connectivity index (χ2v) is 6.37. The molecule has 0 fully saturated rings. The smallest absolute Gasteiger partial charge is 0.333 e. The van der Waals surface area contributed by atoms with E-state index < -0.39 is 6.04 Å². The molecule has 2 aromatic rings. The molecule has 0 aliphatic rings. The molecule has 0 aliphatic heterocycles. The third-order valence-corrected chi connectivity index (χ3v) is 5.14. The van der Waals surface area contributed by atoms with Gasteiger partial charge in [0.1, 0.15) is 0 Å². The normalized spacial score (nSPS) is 11.9. The molecule has 0 saturated heterocycles. The number of methoxy groups -OCH3 is 1. The lowest BCUT2D eigenvalue weighted by atomic mass is 10.2. The molecule has 1 heterocycles. The fraction of sp³-hybridized carbons (Fsp3) is 0.154. The summed E-state index contributed by atoms with van der Waals surface area (Å²) in [4.78, 5) is 12.9. The van der Waals surface area contributed by atoms with Crippen LogP contribution in [0.2, 0.25) is 0 Å². The molecule has 19 heavy (non-hydrogen) atoms. The molecule has 1 atom stereocenters. The van der Waals surface area contributed by atoms with Crippen LogP contribution >= 0.6 is 43.2 Å². The number of nitrogens with one attached hydrogen (secondary N) is 1. The van der Waals surface area contributed by atoms with E-state index in [1.54, 1.807) is 0 Å². The molecule has 0 aliphatic carbocycles. The molecule has 0 spiro atoms. The van der Waals surface area contributed by atoms with Gasteiger partial charge in [0, 0.05) is 14.6 Å². The minimum Gasteiger partial charge on any atom is -0.467 e. The summed E-state index contributed by atoms with van der Waals surface area (Å²) in [6.07, 6.45) is 0. The van der Waals surface area contributed by atoms with Crippen molar-refractivity contribution in [3.8, 4) is 0 Å². The topological polar surface area (TPSA) is 38.3 Å². The Hall–Kier alpha value is -0.850. The summed E-state index contributed by atoms with van der Waals surface area (Å²) < 4.78 is 6.67. The molecule has 1 unspecified atom stereocenters. The van der Waals surface area contributed by atoms with E-state index in [9.17, 15) is 4.79 Å². The van der Waals surface area contributed by atoms with Crippen LogP contribution in [-0.2, 0) is 9.53 Å². The number of ether oxygens (including phenoxy) is 1. The van der Waals surface area contributed by atoms with Crippen molar-refractivity contribution in [3.05, 3.63) is 49.5 Å². The Kier molecular flexibility index (Phi) is 5.01. The lowest BCUT2D eigenvalue weighted by molar-refractivity contribution is -0.141. The highest BCUT2D eigenvalue weighted by atomic mass is 79.9. The predicted octanol–water partition coefficient (Wildman–Crippen LogP) is 4.60. The molecule has 1 N–H and O–H groups in total. The monoisotopic (exact) mass is 403 g/mol. The Morgan fingerprint density at radius 1 is 1.26 bits per heavy atom. The van der Waals surface area contributed by atoms with Gasteiger partial charge in [0.2, 0.25) is 0 Å². The van der Waals surface area contributed by atoms with Gasteiger partial charge >= 0.3 is 5.97 Å². The maximum Gasteiger partial charge on any atom is 0.333 e. The minimum absolute atomic E-state index is 0.320. The first-order valence-corrected chi connectivity index (χ1v) is 7.92. The highest BCUT2D eigenvalue weighted by Crippen LogP contribution is 2.33. The van der Waals surface area contributed by atoms with Crippen LogP contribution in [0.3, 0.4) is 0 Å². The van der Waals surface area contributed by atoms with Crippen molar-refractivity contribution < 1.29 is 9.53 Å². The van der Waals surface area contributed by atoms with Crippen LogP contribution in [-0.4, -0.2) is 13.1 Å². The standard InChI is InChI=1S/C13H11Br2NO2S/c1-18-13(17)11(12-9(15)6-7-19-12)16-10-5-3-2-4-8(10)14/h2-7,11,16H,1H3. The molecule has 0 radical (unpaired) electrons. The van der Waals surface area contributed by atoms with Crippen molar-refractivity contribution in [2.75, 3.05) is 12.4 Å². The summed E-state index contributed by atoms with van der Waals surface area (Å²) in [5.41, 5.74) is 0.846. The van der Waals surface area contributed by atoms with Crippen LogP contribution in [0.15, 0.2) is 44.7 Å². The highest BCUT2D eigenvalue weighted by Gasteiger charge is 2.25. The second kappa shape index (κ2) is 6.54. The van der Waals surface area contributed by atoms with Crippen molar-refractivity contribution in [3.63, 3.8) is 0 Å². The zero-order valence-electron chi connectivity index (χ0n) is 10.0. The van der Waals surface area contributed by atoms with Crippen molar-refractivity contribution in [1.82, 2.24) is 0 Å². The molecule has 3 nitrogen and oxygen atoms in total. The number of anilines is 1. The number of carbonyl (C=O) groups is 1. The summed E-state index contributed by atoms with van der Waals surface area (Å²) in [7, 11) is 1.39. The van der Waals surface area contributed by atoms with Gasteiger partial charge in [-0.25, -0.2) is 4.79 Å². The van der Waals surface area contributed by atoms with E-state index in [-0.39, 0.29) is 5.97 Å². The Morgan fingerprint density at radius 2 is 2.00 bits per heavy atom. The van der Waals surface area contributed by atoms with Gasteiger partial charge in [-0.2, -0.15) is 0 Å². The number of halogens is 2. The summed E-state index contributed by atoms with van der Waals surface area (Å²) in [5.74, 6) is -0.320. The first kappa shape index (κ1) is 14.6. The third-order valence-electron chi connectivity index (χ3n) is 2.52. The van der Waals surface area contributed by atoms with Crippen LogP contribution in [0, 0.1) is 0 Å². The van der Waals surface area contributed by atoms with Gasteiger partial charge < -0.3 is 10.1 Å². The third kappa shape index (κ3) is 3.38. The number of esters is 1. The Morgan fingerprint density at radius 3 is 2.58 bits per heavy atom. The molecule has 6 heteroatoms. The zero-order chi connectivity index (χ0) is 13.8. The largest absolute Gasteiger partial charge is 0.467 e. The van der Waals surface area contributed by atoms with Crippen LogP contribution in [0.1, 0.15) is 10.9 Å². The lowest BCUT2D eigenvalue weighted by Crippen LogP contribution is -2.21. The summed E-state index contributed by atoms with van der Waals surface area (Å²) in [6, 6.07) is 9.03. The number of para-hydroxylation sites is 1. The summed E-state index contributed by atoms with van der Waals surface area (Å²) in [5, 5.41) is 5.13. The van der Waals surface area contributed by atoms with Gasteiger partial charge in [-0.15, -0.1) is 11.3 Å². The number of rotatable bonds is 4. The van der Waals surface area contributed by atoms with E-state index in [4.69, 9.17) is 4.74 Å². The Bertz CT molecular complexity index is 586. The number of hydrogen-bond acceptors (Lipinski definition) is 4. The SMILES string of the molecule is COC(=O)C(Nc1ccccc1Br)c1sccc1Br. The van der Waals surface area contributed by atoms with E-state index >= 15 is 0 Å². The van der Waals surface area contributed by atoms with E-state index in [1.165, 1.54) is 18.4 Å². The second-order valence-electron chi connectivity index (χ2n) is 3.71. The number of carbonyl (C=O) groups excluding carboxylic acids is 1. The summed E-state index contributed by atoms with van der Waals surface area (Å²) >= 11 is 8.40. The van der Waals surface area contributed by atoms with Crippen molar-refractivity contribution in [1.29, 1.82) is 0 Å². The van der Waals surface area contributed by atoms with Crippen LogP contribution in [0.5, 0.6) is 0 Å². The lowest BCUT2D eigenvalue weighted by Gasteiger charge is -2.18. The maximum atomic E-state index is 12.0. The molecular weight excluding hydrogens is 394 g/mol. The van der Waals surface area contributed by atoms with Crippen LogP contribution < -0.4 is 5.32 Å². The Labute approximate surface area is 132 Å². The zero-order valence-corrected chi connectivity index (χ0v) is 14.0. The van der Waals surface area contributed by atoms with Crippen LogP contribution in [0.25, 0.3) is 0 Å². The predicted molar refractivity (Wildman–Crippen MR) is 84.5 cm³/mol. The van der Waals surface area contributed by atoms with Gasteiger partial charge in [0.25, 0.3) is 0 Å². The number of benzene rings is 1.